The van der Waals surface area contributed by atoms with Crippen molar-refractivity contribution in [2.45, 2.75) is 19.1 Å². The van der Waals surface area contributed by atoms with Gasteiger partial charge in [-0.2, -0.15) is 0 Å². The predicted molar refractivity (Wildman–Crippen MR) is 131 cm³/mol. The van der Waals surface area contributed by atoms with Crippen molar-refractivity contribution < 1.29 is 9.47 Å². The number of benzene rings is 3. The van der Waals surface area contributed by atoms with Gasteiger partial charge in [-0.05, 0) is 39.2 Å². The highest BCUT2D eigenvalue weighted by molar-refractivity contribution is 5.44. The third-order valence-corrected chi connectivity index (χ3v) is 6.71. The summed E-state index contributed by atoms with van der Waals surface area (Å²) in [5.74, 6) is 2.55. The minimum Gasteiger partial charge on any atom is -0.454 e. The molecule has 4 aromatic rings. The number of fused-ring (bicyclic) bond motifs is 1. The highest BCUT2D eigenvalue weighted by Gasteiger charge is 2.30. The number of piperazine rings is 1. The Balaban J connectivity index is 1.19. The van der Waals surface area contributed by atoms with Crippen LogP contribution in [0.15, 0.2) is 78.9 Å². The minimum atomic E-state index is 0.00241. The fraction of sp³-hybridized carbons (Fsp3) is 0.296. The lowest BCUT2D eigenvalue weighted by Gasteiger charge is -2.39. The summed E-state index contributed by atoms with van der Waals surface area (Å²) in [4.78, 5) is 4.99. The van der Waals surface area contributed by atoms with E-state index >= 15 is 0 Å². The summed E-state index contributed by atoms with van der Waals surface area (Å²) in [6.07, 6.45) is 0. The standard InChI is InChI=1S/C27H28N6O2/c1-3-7-21(8-4-1)19-33-27(28-29-30-33)26(23-9-5-2-6-10-23)32-15-13-31(14-16-32)18-22-11-12-24-25(17-22)35-20-34-24/h1-12,17,26H,13-16,18-20H2/t26-/m1/s1. The van der Waals surface area contributed by atoms with E-state index in [2.05, 4.69) is 79.9 Å². The molecule has 3 heterocycles. The van der Waals surface area contributed by atoms with Crippen LogP contribution < -0.4 is 9.47 Å². The molecule has 0 unspecified atom stereocenters. The van der Waals surface area contributed by atoms with Gasteiger partial charge in [0.25, 0.3) is 0 Å². The second kappa shape index (κ2) is 9.85. The Labute approximate surface area is 204 Å². The Hall–Kier alpha value is -3.75. The Kier molecular flexibility index (Phi) is 6.13. The zero-order valence-corrected chi connectivity index (χ0v) is 19.5. The van der Waals surface area contributed by atoms with E-state index in [1.807, 2.05) is 28.9 Å². The van der Waals surface area contributed by atoms with Crippen LogP contribution in [-0.2, 0) is 13.1 Å². The van der Waals surface area contributed by atoms with Crippen LogP contribution in [0, 0.1) is 0 Å². The zero-order valence-electron chi connectivity index (χ0n) is 19.5. The van der Waals surface area contributed by atoms with Gasteiger partial charge in [0, 0.05) is 32.7 Å². The van der Waals surface area contributed by atoms with Gasteiger partial charge >= 0.3 is 0 Å². The SMILES string of the molecule is c1ccc(Cn2nnnc2[C@@H](c2ccccc2)N2CCN(Cc3ccc4c(c3)OCO4)CC2)cc1. The maximum Gasteiger partial charge on any atom is 0.231 e. The van der Waals surface area contributed by atoms with Crippen molar-refractivity contribution in [2.24, 2.45) is 0 Å². The molecule has 8 heteroatoms. The van der Waals surface area contributed by atoms with Crippen molar-refractivity contribution in [1.29, 1.82) is 0 Å². The van der Waals surface area contributed by atoms with Gasteiger partial charge in [-0.3, -0.25) is 9.80 Å². The summed E-state index contributed by atoms with van der Waals surface area (Å²) in [5, 5.41) is 12.9. The van der Waals surface area contributed by atoms with Crippen LogP contribution in [0.2, 0.25) is 0 Å². The van der Waals surface area contributed by atoms with E-state index in [4.69, 9.17) is 9.47 Å². The number of tetrazole rings is 1. The highest BCUT2D eigenvalue weighted by atomic mass is 16.7. The summed E-state index contributed by atoms with van der Waals surface area (Å²) in [5.41, 5.74) is 3.64. The highest BCUT2D eigenvalue weighted by Crippen LogP contribution is 2.33. The number of rotatable bonds is 7. The topological polar surface area (TPSA) is 68.5 Å². The Morgan fingerprint density at radius 2 is 1.49 bits per heavy atom. The first-order valence-corrected chi connectivity index (χ1v) is 12.0. The van der Waals surface area contributed by atoms with Crippen LogP contribution in [0.25, 0.3) is 0 Å². The van der Waals surface area contributed by atoms with Crippen LogP contribution in [0.5, 0.6) is 11.5 Å². The average Bonchev–Trinajstić information content (AvgIpc) is 3.56. The van der Waals surface area contributed by atoms with Crippen molar-refractivity contribution >= 4 is 0 Å². The molecule has 1 aromatic heterocycles. The first-order chi connectivity index (χ1) is 17.3. The first-order valence-electron chi connectivity index (χ1n) is 12.0. The molecule has 2 aliphatic rings. The normalized spacial score (nSPS) is 16.9. The largest absolute Gasteiger partial charge is 0.454 e. The van der Waals surface area contributed by atoms with E-state index in [-0.39, 0.29) is 6.04 Å². The quantitative estimate of drug-likeness (QED) is 0.412. The Morgan fingerprint density at radius 1 is 0.743 bits per heavy atom. The average molecular weight is 469 g/mol. The van der Waals surface area contributed by atoms with Gasteiger partial charge in [0.15, 0.2) is 17.3 Å². The molecule has 1 saturated heterocycles. The third-order valence-electron chi connectivity index (χ3n) is 6.71. The van der Waals surface area contributed by atoms with Crippen molar-refractivity contribution in [1.82, 2.24) is 30.0 Å². The monoisotopic (exact) mass is 468 g/mol. The number of aromatic nitrogens is 4. The van der Waals surface area contributed by atoms with Gasteiger partial charge in [-0.1, -0.05) is 66.7 Å². The predicted octanol–water partition coefficient (Wildman–Crippen LogP) is 3.36. The van der Waals surface area contributed by atoms with Crippen LogP contribution in [0.1, 0.15) is 28.6 Å². The van der Waals surface area contributed by atoms with Crippen LogP contribution in [0.3, 0.4) is 0 Å². The van der Waals surface area contributed by atoms with Gasteiger partial charge in [-0.25, -0.2) is 4.68 Å². The molecule has 2 aliphatic heterocycles. The summed E-state index contributed by atoms with van der Waals surface area (Å²) in [6.45, 7) is 5.66. The van der Waals surface area contributed by atoms with E-state index in [0.717, 1.165) is 50.0 Å². The molecule has 0 N–H and O–H groups in total. The Morgan fingerprint density at radius 3 is 2.29 bits per heavy atom. The van der Waals surface area contributed by atoms with Gasteiger partial charge in [0.05, 0.1) is 12.6 Å². The molecule has 6 rings (SSSR count). The van der Waals surface area contributed by atoms with Gasteiger partial charge in [0.2, 0.25) is 6.79 Å². The maximum atomic E-state index is 5.55. The summed E-state index contributed by atoms with van der Waals surface area (Å²) >= 11 is 0. The smallest absolute Gasteiger partial charge is 0.231 e. The van der Waals surface area contributed by atoms with Crippen LogP contribution in [0.4, 0.5) is 0 Å². The van der Waals surface area contributed by atoms with Crippen molar-refractivity contribution in [2.75, 3.05) is 33.0 Å². The maximum absolute atomic E-state index is 5.55. The number of hydrogen-bond donors (Lipinski definition) is 0. The molecule has 35 heavy (non-hydrogen) atoms. The summed E-state index contributed by atoms with van der Waals surface area (Å²) < 4.78 is 12.9. The van der Waals surface area contributed by atoms with E-state index < -0.39 is 0 Å². The molecule has 8 nitrogen and oxygen atoms in total. The number of hydrogen-bond acceptors (Lipinski definition) is 7. The number of nitrogens with zero attached hydrogens (tertiary/aromatic N) is 6. The van der Waals surface area contributed by atoms with Gasteiger partial charge < -0.3 is 9.47 Å². The molecule has 178 valence electrons. The van der Waals surface area contributed by atoms with Gasteiger partial charge in [-0.15, -0.1) is 5.10 Å². The fourth-order valence-electron chi connectivity index (χ4n) is 4.91. The van der Waals surface area contributed by atoms with E-state index in [9.17, 15) is 0 Å². The first kappa shape index (κ1) is 21.8. The van der Waals surface area contributed by atoms with Crippen molar-refractivity contribution in [3.63, 3.8) is 0 Å². The molecule has 0 amide bonds. The van der Waals surface area contributed by atoms with E-state index in [1.54, 1.807) is 0 Å². The zero-order chi connectivity index (χ0) is 23.5. The molecule has 3 aromatic carbocycles. The van der Waals surface area contributed by atoms with Crippen molar-refractivity contribution in [3.8, 4) is 11.5 Å². The van der Waals surface area contributed by atoms with Crippen molar-refractivity contribution in [3.05, 3.63) is 101 Å². The molecule has 0 radical (unpaired) electrons. The molecule has 1 fully saturated rings. The lowest BCUT2D eigenvalue weighted by Crippen LogP contribution is -2.48. The molecule has 0 aliphatic carbocycles. The lowest BCUT2D eigenvalue weighted by molar-refractivity contribution is 0.100. The minimum absolute atomic E-state index is 0.00241. The van der Waals surface area contributed by atoms with E-state index in [1.165, 1.54) is 16.7 Å². The lowest BCUT2D eigenvalue weighted by atomic mass is 10.0. The second-order valence-electron chi connectivity index (χ2n) is 8.99. The van der Waals surface area contributed by atoms with Crippen LogP contribution >= 0.6 is 0 Å². The molecule has 0 saturated carbocycles. The Bertz CT molecular complexity index is 1260. The summed E-state index contributed by atoms with van der Waals surface area (Å²) in [7, 11) is 0. The summed E-state index contributed by atoms with van der Waals surface area (Å²) in [6, 6.07) is 27.1. The fourth-order valence-corrected chi connectivity index (χ4v) is 4.91. The third kappa shape index (κ3) is 4.76. The second-order valence-corrected chi connectivity index (χ2v) is 8.99. The molecule has 0 bridgehead atoms. The van der Waals surface area contributed by atoms with E-state index in [0.29, 0.717) is 13.3 Å². The van der Waals surface area contributed by atoms with Gasteiger partial charge in [0.1, 0.15) is 0 Å². The molecular weight excluding hydrogens is 440 g/mol. The molecular formula is C27H28N6O2. The molecule has 0 spiro atoms. The van der Waals surface area contributed by atoms with Crippen LogP contribution in [-0.4, -0.2) is 63.0 Å². The molecule has 1 atom stereocenters. The number of ether oxygens (including phenoxy) is 2.